The third-order valence-corrected chi connectivity index (χ3v) is 5.89. The topological polar surface area (TPSA) is 72.9 Å². The number of amides is 2. The molecule has 2 amide bonds. The molecular formula is C20H39N3O3. The lowest BCUT2D eigenvalue weighted by Gasteiger charge is -2.37. The standard InChI is InChI=1S/C20H39N3O3/c1-7-15(4)18(20(26)23(6)16(11-13-24)14(2)3)21-19(25)17-10-8-9-12-22(17)5/h14-18,24H,7-13H2,1-6H3,(H,21,25). The van der Waals surface area contributed by atoms with E-state index in [9.17, 15) is 14.7 Å². The van der Waals surface area contributed by atoms with Crippen LogP contribution in [0.25, 0.3) is 0 Å². The maximum Gasteiger partial charge on any atom is 0.245 e. The van der Waals surface area contributed by atoms with Crippen LogP contribution in [0.2, 0.25) is 0 Å². The van der Waals surface area contributed by atoms with Crippen molar-refractivity contribution in [3.63, 3.8) is 0 Å². The molecule has 4 atom stereocenters. The normalized spacial score (nSPS) is 21.9. The first-order chi connectivity index (χ1) is 12.2. The van der Waals surface area contributed by atoms with E-state index in [1.165, 1.54) is 0 Å². The number of hydrogen-bond acceptors (Lipinski definition) is 4. The van der Waals surface area contributed by atoms with Crippen LogP contribution in [0.15, 0.2) is 0 Å². The number of aliphatic hydroxyl groups is 1. The minimum Gasteiger partial charge on any atom is -0.396 e. The zero-order chi connectivity index (χ0) is 19.9. The van der Waals surface area contributed by atoms with Gasteiger partial charge in [0.2, 0.25) is 11.8 Å². The summed E-state index contributed by atoms with van der Waals surface area (Å²) in [5.41, 5.74) is 0. The molecule has 0 saturated carbocycles. The molecule has 1 aliphatic rings. The van der Waals surface area contributed by atoms with Crippen LogP contribution in [0.4, 0.5) is 0 Å². The van der Waals surface area contributed by atoms with Gasteiger partial charge in [-0.05, 0) is 44.7 Å². The van der Waals surface area contributed by atoms with Crippen LogP contribution in [0.5, 0.6) is 0 Å². The van der Waals surface area contributed by atoms with Crippen LogP contribution in [0.3, 0.4) is 0 Å². The minimum absolute atomic E-state index is 0.0340. The summed E-state index contributed by atoms with van der Waals surface area (Å²) >= 11 is 0. The van der Waals surface area contributed by atoms with Crippen molar-refractivity contribution >= 4 is 11.8 Å². The summed E-state index contributed by atoms with van der Waals surface area (Å²) in [4.78, 5) is 29.8. The van der Waals surface area contributed by atoms with Gasteiger partial charge < -0.3 is 15.3 Å². The highest BCUT2D eigenvalue weighted by atomic mass is 16.3. The van der Waals surface area contributed by atoms with Crippen molar-refractivity contribution in [1.82, 2.24) is 15.1 Å². The highest BCUT2D eigenvalue weighted by Gasteiger charge is 2.35. The summed E-state index contributed by atoms with van der Waals surface area (Å²) in [5, 5.41) is 12.4. The highest BCUT2D eigenvalue weighted by molar-refractivity contribution is 5.90. The SMILES string of the molecule is CCC(C)C(NC(=O)C1CCCCN1C)C(=O)N(C)C(CCO)C(C)C. The van der Waals surface area contributed by atoms with E-state index in [1.807, 2.05) is 20.9 Å². The fourth-order valence-electron chi connectivity index (χ4n) is 3.83. The summed E-state index contributed by atoms with van der Waals surface area (Å²) < 4.78 is 0. The van der Waals surface area contributed by atoms with E-state index in [-0.39, 0.29) is 42.3 Å². The molecule has 6 heteroatoms. The molecule has 6 nitrogen and oxygen atoms in total. The van der Waals surface area contributed by atoms with E-state index >= 15 is 0 Å². The van der Waals surface area contributed by atoms with Crippen LogP contribution in [0.1, 0.15) is 59.8 Å². The number of rotatable bonds is 9. The van der Waals surface area contributed by atoms with Crippen molar-refractivity contribution in [2.75, 3.05) is 27.2 Å². The van der Waals surface area contributed by atoms with Gasteiger partial charge in [-0.3, -0.25) is 14.5 Å². The van der Waals surface area contributed by atoms with Gasteiger partial charge in [-0.2, -0.15) is 0 Å². The average Bonchev–Trinajstić information content (AvgIpc) is 2.62. The van der Waals surface area contributed by atoms with Gasteiger partial charge in [-0.25, -0.2) is 0 Å². The van der Waals surface area contributed by atoms with Crippen molar-refractivity contribution in [2.45, 2.75) is 77.9 Å². The van der Waals surface area contributed by atoms with Crippen LogP contribution >= 0.6 is 0 Å². The molecular weight excluding hydrogens is 330 g/mol. The van der Waals surface area contributed by atoms with Crippen molar-refractivity contribution in [3.05, 3.63) is 0 Å². The number of hydrogen-bond donors (Lipinski definition) is 2. The number of carbonyl (C=O) groups is 2. The van der Waals surface area contributed by atoms with E-state index in [2.05, 4.69) is 24.1 Å². The van der Waals surface area contributed by atoms with Crippen molar-refractivity contribution < 1.29 is 14.7 Å². The van der Waals surface area contributed by atoms with E-state index in [0.717, 1.165) is 32.2 Å². The van der Waals surface area contributed by atoms with E-state index in [1.54, 1.807) is 11.9 Å². The summed E-state index contributed by atoms with van der Waals surface area (Å²) in [6, 6.07) is -0.701. The summed E-state index contributed by atoms with van der Waals surface area (Å²) in [6.07, 6.45) is 4.38. The molecule has 1 aliphatic heterocycles. The second-order valence-electron chi connectivity index (χ2n) is 8.14. The van der Waals surface area contributed by atoms with Gasteiger partial charge in [-0.1, -0.05) is 40.5 Å². The minimum atomic E-state index is -0.521. The predicted octanol–water partition coefficient (Wildman–Crippen LogP) is 1.87. The smallest absolute Gasteiger partial charge is 0.245 e. The lowest BCUT2D eigenvalue weighted by Crippen LogP contribution is -2.57. The molecule has 0 radical (unpaired) electrons. The number of likely N-dealkylation sites (tertiary alicyclic amines) is 1. The second kappa shape index (κ2) is 10.9. The van der Waals surface area contributed by atoms with Crippen molar-refractivity contribution in [2.24, 2.45) is 11.8 Å². The number of piperidine rings is 1. The van der Waals surface area contributed by atoms with Crippen LogP contribution in [-0.2, 0) is 9.59 Å². The second-order valence-corrected chi connectivity index (χ2v) is 8.14. The van der Waals surface area contributed by atoms with Gasteiger partial charge in [0.15, 0.2) is 0 Å². The molecule has 152 valence electrons. The molecule has 1 fully saturated rings. The number of aliphatic hydroxyl groups excluding tert-OH is 1. The quantitative estimate of drug-likeness (QED) is 0.651. The number of carbonyl (C=O) groups excluding carboxylic acids is 2. The van der Waals surface area contributed by atoms with Crippen LogP contribution in [0, 0.1) is 11.8 Å². The van der Waals surface area contributed by atoms with Gasteiger partial charge in [0.25, 0.3) is 0 Å². The average molecular weight is 370 g/mol. The lowest BCUT2D eigenvalue weighted by molar-refractivity contribution is -0.141. The Morgan fingerprint density at radius 2 is 1.92 bits per heavy atom. The van der Waals surface area contributed by atoms with E-state index in [0.29, 0.717) is 6.42 Å². The Hall–Kier alpha value is -1.14. The summed E-state index contributed by atoms with van der Waals surface area (Å²) in [5.74, 6) is 0.208. The molecule has 0 aromatic rings. The zero-order valence-electron chi connectivity index (χ0n) is 17.5. The monoisotopic (exact) mass is 369 g/mol. The first-order valence-corrected chi connectivity index (χ1v) is 10.1. The molecule has 4 unspecified atom stereocenters. The first-order valence-electron chi connectivity index (χ1n) is 10.1. The Balaban J connectivity index is 2.90. The fraction of sp³-hybridized carbons (Fsp3) is 0.900. The van der Waals surface area contributed by atoms with Gasteiger partial charge in [0.1, 0.15) is 6.04 Å². The Morgan fingerprint density at radius 1 is 1.27 bits per heavy atom. The Labute approximate surface area is 159 Å². The highest BCUT2D eigenvalue weighted by Crippen LogP contribution is 2.19. The zero-order valence-corrected chi connectivity index (χ0v) is 17.5. The molecule has 0 bridgehead atoms. The summed E-state index contributed by atoms with van der Waals surface area (Å²) in [6.45, 7) is 9.13. The maximum absolute atomic E-state index is 13.2. The van der Waals surface area contributed by atoms with Crippen LogP contribution < -0.4 is 5.32 Å². The van der Waals surface area contributed by atoms with Gasteiger partial charge >= 0.3 is 0 Å². The first kappa shape index (κ1) is 22.9. The Kier molecular flexibility index (Phi) is 9.58. The lowest BCUT2D eigenvalue weighted by atomic mass is 9.93. The fourth-order valence-corrected chi connectivity index (χ4v) is 3.83. The van der Waals surface area contributed by atoms with E-state index in [4.69, 9.17) is 0 Å². The van der Waals surface area contributed by atoms with Gasteiger partial charge in [-0.15, -0.1) is 0 Å². The number of nitrogens with one attached hydrogen (secondary N) is 1. The number of nitrogens with zero attached hydrogens (tertiary/aromatic N) is 2. The van der Waals surface area contributed by atoms with Gasteiger partial charge in [0, 0.05) is 19.7 Å². The largest absolute Gasteiger partial charge is 0.396 e. The molecule has 26 heavy (non-hydrogen) atoms. The molecule has 0 spiro atoms. The van der Waals surface area contributed by atoms with Crippen molar-refractivity contribution in [3.8, 4) is 0 Å². The van der Waals surface area contributed by atoms with Gasteiger partial charge in [0.05, 0.1) is 6.04 Å². The third kappa shape index (κ3) is 5.95. The molecule has 1 rings (SSSR count). The summed E-state index contributed by atoms with van der Waals surface area (Å²) in [7, 11) is 3.77. The Morgan fingerprint density at radius 3 is 2.42 bits per heavy atom. The molecule has 0 aromatic heterocycles. The van der Waals surface area contributed by atoms with E-state index < -0.39 is 6.04 Å². The molecule has 1 heterocycles. The molecule has 0 aromatic carbocycles. The predicted molar refractivity (Wildman–Crippen MR) is 105 cm³/mol. The van der Waals surface area contributed by atoms with Crippen molar-refractivity contribution in [1.29, 1.82) is 0 Å². The van der Waals surface area contributed by atoms with Crippen LogP contribution in [-0.4, -0.2) is 72.1 Å². The Bertz CT molecular complexity index is 456. The number of likely N-dealkylation sites (N-methyl/N-ethyl adjacent to an activating group) is 2. The maximum atomic E-state index is 13.2. The molecule has 2 N–H and O–H groups in total. The molecule has 1 saturated heterocycles. The molecule has 0 aliphatic carbocycles. The third-order valence-electron chi connectivity index (χ3n) is 5.89.